The van der Waals surface area contributed by atoms with Crippen LogP contribution in [0.25, 0.3) is 27.7 Å². The van der Waals surface area contributed by atoms with Gasteiger partial charge in [-0.25, -0.2) is 4.98 Å². The van der Waals surface area contributed by atoms with Crippen LogP contribution in [-0.2, 0) is 6.42 Å². The van der Waals surface area contributed by atoms with Gasteiger partial charge in [0.25, 0.3) is 0 Å². The van der Waals surface area contributed by atoms with Gasteiger partial charge < -0.3 is 4.90 Å². The minimum Gasteiger partial charge on any atom is -0.356 e. The quantitative estimate of drug-likeness (QED) is 0.302. The van der Waals surface area contributed by atoms with Crippen LogP contribution in [-0.4, -0.2) is 22.5 Å². The first kappa shape index (κ1) is 21.4. The number of benzene rings is 2. The standard InChI is InChI=1S/C28H35N3/c1-6-18-30(7-2)28-26(23-13-9-8-12-21(23)5)29-27-25-15-11-10-14-24(25)22(19-31(27)28)17-16-20(3)4/h8-15,19-20H,6-7,16-18H2,1-5H3. The molecule has 0 fully saturated rings. The van der Waals surface area contributed by atoms with E-state index in [1.165, 1.54) is 39.7 Å². The van der Waals surface area contributed by atoms with Gasteiger partial charge in [-0.3, -0.25) is 4.40 Å². The fraction of sp³-hybridized carbons (Fsp3) is 0.393. The first-order valence-electron chi connectivity index (χ1n) is 11.8. The third kappa shape index (κ3) is 4.06. The van der Waals surface area contributed by atoms with Crippen molar-refractivity contribution in [3.05, 3.63) is 65.9 Å². The number of pyridine rings is 1. The van der Waals surface area contributed by atoms with E-state index >= 15 is 0 Å². The first-order chi connectivity index (χ1) is 15.0. The van der Waals surface area contributed by atoms with Crippen molar-refractivity contribution >= 4 is 22.2 Å². The van der Waals surface area contributed by atoms with Gasteiger partial charge in [-0.1, -0.05) is 69.3 Å². The Kier molecular flexibility index (Phi) is 6.31. The van der Waals surface area contributed by atoms with E-state index in [0.29, 0.717) is 5.92 Å². The molecule has 0 saturated carbocycles. The van der Waals surface area contributed by atoms with Crippen LogP contribution >= 0.6 is 0 Å². The second kappa shape index (κ2) is 9.13. The van der Waals surface area contributed by atoms with Gasteiger partial charge in [0.2, 0.25) is 0 Å². The van der Waals surface area contributed by atoms with Gasteiger partial charge in [-0.2, -0.15) is 0 Å². The first-order valence-corrected chi connectivity index (χ1v) is 11.8. The highest BCUT2D eigenvalue weighted by Gasteiger charge is 2.22. The maximum Gasteiger partial charge on any atom is 0.147 e. The molecule has 2 heterocycles. The highest BCUT2D eigenvalue weighted by molar-refractivity contribution is 5.98. The number of fused-ring (bicyclic) bond motifs is 3. The monoisotopic (exact) mass is 413 g/mol. The van der Waals surface area contributed by atoms with Gasteiger partial charge in [0.1, 0.15) is 17.2 Å². The smallest absolute Gasteiger partial charge is 0.147 e. The summed E-state index contributed by atoms with van der Waals surface area (Å²) >= 11 is 0. The summed E-state index contributed by atoms with van der Waals surface area (Å²) in [6.07, 6.45) is 5.76. The predicted octanol–water partition coefficient (Wildman–Crippen LogP) is 7.29. The molecule has 3 heteroatoms. The Morgan fingerprint density at radius 2 is 1.68 bits per heavy atom. The number of anilines is 1. The van der Waals surface area contributed by atoms with E-state index in [1.807, 2.05) is 0 Å². The summed E-state index contributed by atoms with van der Waals surface area (Å²) in [5, 5.41) is 2.58. The topological polar surface area (TPSA) is 20.5 Å². The Bertz CT molecular complexity index is 1190. The minimum absolute atomic E-state index is 0.687. The molecule has 0 aliphatic rings. The number of hydrogen-bond donors (Lipinski definition) is 0. The van der Waals surface area contributed by atoms with Gasteiger partial charge >= 0.3 is 0 Å². The Morgan fingerprint density at radius 3 is 2.35 bits per heavy atom. The van der Waals surface area contributed by atoms with Gasteiger partial charge in [0, 0.05) is 30.2 Å². The molecule has 3 nitrogen and oxygen atoms in total. The summed E-state index contributed by atoms with van der Waals surface area (Å²) in [4.78, 5) is 7.77. The highest BCUT2D eigenvalue weighted by atomic mass is 15.2. The molecule has 0 bridgehead atoms. The van der Waals surface area contributed by atoms with E-state index in [4.69, 9.17) is 4.98 Å². The molecule has 0 amide bonds. The van der Waals surface area contributed by atoms with Crippen molar-refractivity contribution in [2.24, 2.45) is 5.92 Å². The van der Waals surface area contributed by atoms with Crippen LogP contribution in [0.2, 0.25) is 0 Å². The van der Waals surface area contributed by atoms with Gasteiger partial charge in [-0.05, 0) is 55.5 Å². The average Bonchev–Trinajstić information content (AvgIpc) is 3.15. The van der Waals surface area contributed by atoms with Crippen molar-refractivity contribution in [2.45, 2.75) is 53.9 Å². The highest BCUT2D eigenvalue weighted by Crippen LogP contribution is 2.37. The van der Waals surface area contributed by atoms with Crippen LogP contribution in [0.15, 0.2) is 54.7 Å². The number of rotatable bonds is 8. The normalized spacial score (nSPS) is 11.7. The molecule has 0 atom stereocenters. The van der Waals surface area contributed by atoms with E-state index in [0.717, 1.165) is 37.3 Å². The van der Waals surface area contributed by atoms with Gasteiger partial charge in [-0.15, -0.1) is 0 Å². The van der Waals surface area contributed by atoms with E-state index in [-0.39, 0.29) is 0 Å². The van der Waals surface area contributed by atoms with E-state index in [9.17, 15) is 0 Å². The van der Waals surface area contributed by atoms with Crippen molar-refractivity contribution in [2.75, 3.05) is 18.0 Å². The number of imidazole rings is 1. The minimum atomic E-state index is 0.687. The van der Waals surface area contributed by atoms with E-state index in [2.05, 4.69) is 98.6 Å². The molecule has 0 N–H and O–H groups in total. The SMILES string of the molecule is CCCN(CC)c1c(-c2ccccc2C)nc2c3ccccc3c(CCC(C)C)cn12. The Balaban J connectivity index is 2.06. The fourth-order valence-corrected chi connectivity index (χ4v) is 4.57. The molecule has 0 saturated heterocycles. The molecule has 0 aliphatic carbocycles. The summed E-state index contributed by atoms with van der Waals surface area (Å²) in [5.74, 6) is 1.91. The molecule has 0 unspecified atom stereocenters. The zero-order valence-electron chi connectivity index (χ0n) is 19.7. The third-order valence-electron chi connectivity index (χ3n) is 6.25. The van der Waals surface area contributed by atoms with Crippen LogP contribution in [0.3, 0.4) is 0 Å². The number of aryl methyl sites for hydroxylation is 2. The molecule has 0 spiro atoms. The second-order valence-electron chi connectivity index (χ2n) is 9.00. The molecule has 0 aliphatic heterocycles. The summed E-state index contributed by atoms with van der Waals surface area (Å²) in [7, 11) is 0. The maximum atomic E-state index is 5.28. The van der Waals surface area contributed by atoms with Crippen LogP contribution in [0.4, 0.5) is 5.82 Å². The van der Waals surface area contributed by atoms with E-state index < -0.39 is 0 Å². The van der Waals surface area contributed by atoms with Crippen molar-refractivity contribution in [1.29, 1.82) is 0 Å². The third-order valence-corrected chi connectivity index (χ3v) is 6.25. The van der Waals surface area contributed by atoms with Crippen molar-refractivity contribution in [3.8, 4) is 11.3 Å². The molecule has 162 valence electrons. The number of aromatic nitrogens is 2. The number of nitrogens with zero attached hydrogens (tertiary/aromatic N) is 3. The summed E-state index contributed by atoms with van der Waals surface area (Å²) < 4.78 is 2.37. The largest absolute Gasteiger partial charge is 0.356 e. The van der Waals surface area contributed by atoms with Gasteiger partial charge in [0.05, 0.1) is 0 Å². The lowest BCUT2D eigenvalue weighted by molar-refractivity contribution is 0.587. The van der Waals surface area contributed by atoms with Crippen molar-refractivity contribution in [1.82, 2.24) is 9.38 Å². The predicted molar refractivity (Wildman–Crippen MR) is 134 cm³/mol. The molecule has 31 heavy (non-hydrogen) atoms. The molecule has 0 radical (unpaired) electrons. The molecule has 4 aromatic rings. The van der Waals surface area contributed by atoms with Crippen LogP contribution in [0, 0.1) is 12.8 Å². The zero-order chi connectivity index (χ0) is 22.0. The zero-order valence-corrected chi connectivity index (χ0v) is 19.7. The van der Waals surface area contributed by atoms with Gasteiger partial charge in [0.15, 0.2) is 0 Å². The lowest BCUT2D eigenvalue weighted by atomic mass is 9.99. The summed E-state index contributed by atoms with van der Waals surface area (Å²) in [5.41, 5.74) is 6.07. The summed E-state index contributed by atoms with van der Waals surface area (Å²) in [6, 6.07) is 17.4. The van der Waals surface area contributed by atoms with Crippen LogP contribution in [0.5, 0.6) is 0 Å². The maximum absolute atomic E-state index is 5.28. The molecular weight excluding hydrogens is 378 g/mol. The summed E-state index contributed by atoms with van der Waals surface area (Å²) in [6.45, 7) is 13.3. The molecule has 2 aromatic carbocycles. The molecular formula is C28H35N3. The lowest BCUT2D eigenvalue weighted by Gasteiger charge is -2.24. The molecule has 2 aromatic heterocycles. The Labute approximate surface area is 186 Å². The second-order valence-corrected chi connectivity index (χ2v) is 9.00. The fourth-order valence-electron chi connectivity index (χ4n) is 4.57. The Morgan fingerprint density at radius 1 is 0.968 bits per heavy atom. The number of hydrogen-bond acceptors (Lipinski definition) is 2. The van der Waals surface area contributed by atoms with Crippen LogP contribution in [0.1, 0.15) is 51.7 Å². The van der Waals surface area contributed by atoms with E-state index in [1.54, 1.807) is 0 Å². The lowest BCUT2D eigenvalue weighted by Crippen LogP contribution is -2.25. The van der Waals surface area contributed by atoms with Crippen molar-refractivity contribution in [3.63, 3.8) is 0 Å². The van der Waals surface area contributed by atoms with Crippen LogP contribution < -0.4 is 4.90 Å². The average molecular weight is 414 g/mol. The Hall–Kier alpha value is -2.81. The molecule has 4 rings (SSSR count). The van der Waals surface area contributed by atoms with Crippen molar-refractivity contribution < 1.29 is 0 Å².